The van der Waals surface area contributed by atoms with Crippen LogP contribution in [0.2, 0.25) is 10.0 Å². The highest BCUT2D eigenvalue weighted by atomic mass is 35.5. The van der Waals surface area contributed by atoms with E-state index in [1.165, 1.54) is 11.8 Å². The molecule has 0 radical (unpaired) electrons. The van der Waals surface area contributed by atoms with Gasteiger partial charge in [-0.15, -0.1) is 11.8 Å². The number of anilines is 3. The molecular formula is C34H32Cl2N4O3S. The first-order valence-corrected chi connectivity index (χ1v) is 15.5. The minimum Gasteiger partial charge on any atom is -0.378 e. The van der Waals surface area contributed by atoms with E-state index in [0.717, 1.165) is 16.1 Å². The Morgan fingerprint density at radius 3 is 2.27 bits per heavy atom. The zero-order chi connectivity index (χ0) is 31.6. The zero-order valence-corrected chi connectivity index (χ0v) is 26.8. The maximum absolute atomic E-state index is 13.5. The number of benzene rings is 4. The maximum atomic E-state index is 13.5. The van der Waals surface area contributed by atoms with Crippen molar-refractivity contribution in [3.05, 3.63) is 124 Å². The van der Waals surface area contributed by atoms with Crippen molar-refractivity contribution in [2.45, 2.75) is 23.5 Å². The Kier molecular flexibility index (Phi) is 11.5. The summed E-state index contributed by atoms with van der Waals surface area (Å²) in [6, 6.07) is 28.4. The van der Waals surface area contributed by atoms with E-state index in [4.69, 9.17) is 23.2 Å². The fraction of sp³-hybridized carbons (Fsp3) is 0.147. The standard InChI is InChI=1S/C34H32Cl2N4O3S/c1-4-31(34(43)38-29-20-24(35)15-18-28(29)36)44-27-12-8-11-25(21-27)37-33(42)30(39-32(41)23-9-6-5-7-10-23)19-22-13-16-26(17-14-22)40(2)3/h5-21,31H,4H2,1-3H3,(H,37,42)(H,38,43)(H,39,41)/b30-19+. The number of amides is 3. The second-order valence-corrected chi connectivity index (χ2v) is 12.1. The van der Waals surface area contributed by atoms with Gasteiger partial charge in [0.2, 0.25) is 5.91 Å². The summed E-state index contributed by atoms with van der Waals surface area (Å²) in [5, 5.41) is 8.93. The number of hydrogen-bond donors (Lipinski definition) is 3. The molecule has 3 N–H and O–H groups in total. The van der Waals surface area contributed by atoms with Crippen LogP contribution in [-0.2, 0) is 9.59 Å². The Balaban J connectivity index is 1.52. The fourth-order valence-corrected chi connectivity index (χ4v) is 5.47. The summed E-state index contributed by atoms with van der Waals surface area (Å²) in [7, 11) is 3.89. The third-order valence-electron chi connectivity index (χ3n) is 6.47. The van der Waals surface area contributed by atoms with Crippen molar-refractivity contribution in [2.24, 2.45) is 0 Å². The number of carbonyl (C=O) groups excluding carboxylic acids is 3. The Bertz CT molecular complexity index is 1660. The first kappa shape index (κ1) is 32.7. The minimum absolute atomic E-state index is 0.0822. The van der Waals surface area contributed by atoms with Gasteiger partial charge in [-0.2, -0.15) is 0 Å². The molecule has 10 heteroatoms. The Morgan fingerprint density at radius 1 is 0.864 bits per heavy atom. The van der Waals surface area contributed by atoms with Crippen molar-refractivity contribution in [3.63, 3.8) is 0 Å². The number of thioether (sulfide) groups is 1. The van der Waals surface area contributed by atoms with Crippen molar-refractivity contribution in [1.29, 1.82) is 0 Å². The van der Waals surface area contributed by atoms with Crippen molar-refractivity contribution in [1.82, 2.24) is 5.32 Å². The highest BCUT2D eigenvalue weighted by Gasteiger charge is 2.20. The van der Waals surface area contributed by atoms with Crippen LogP contribution in [0.4, 0.5) is 17.1 Å². The molecule has 0 aliphatic heterocycles. The molecule has 0 aliphatic carbocycles. The highest BCUT2D eigenvalue weighted by Crippen LogP contribution is 2.31. The van der Waals surface area contributed by atoms with Gasteiger partial charge in [-0.1, -0.05) is 66.5 Å². The minimum atomic E-state index is -0.492. The summed E-state index contributed by atoms with van der Waals surface area (Å²) in [5.74, 6) is -1.11. The summed E-state index contributed by atoms with van der Waals surface area (Å²) < 4.78 is 0. The average molecular weight is 648 g/mol. The molecule has 0 fully saturated rings. The van der Waals surface area contributed by atoms with Crippen molar-refractivity contribution < 1.29 is 14.4 Å². The molecule has 0 bridgehead atoms. The van der Waals surface area contributed by atoms with Crippen LogP contribution in [0.25, 0.3) is 6.08 Å². The van der Waals surface area contributed by atoms with Crippen LogP contribution in [0, 0.1) is 0 Å². The van der Waals surface area contributed by atoms with Crippen molar-refractivity contribution >= 4 is 75.8 Å². The molecule has 4 aromatic carbocycles. The average Bonchev–Trinajstić information content (AvgIpc) is 3.02. The zero-order valence-electron chi connectivity index (χ0n) is 24.4. The predicted molar refractivity (Wildman–Crippen MR) is 183 cm³/mol. The van der Waals surface area contributed by atoms with Gasteiger partial charge in [0.1, 0.15) is 5.70 Å². The Morgan fingerprint density at radius 2 is 1.59 bits per heavy atom. The smallest absolute Gasteiger partial charge is 0.272 e. The quantitative estimate of drug-likeness (QED) is 0.114. The van der Waals surface area contributed by atoms with E-state index in [-0.39, 0.29) is 11.6 Å². The number of carbonyl (C=O) groups is 3. The summed E-state index contributed by atoms with van der Waals surface area (Å²) in [4.78, 5) is 42.3. The molecular weight excluding hydrogens is 615 g/mol. The van der Waals surface area contributed by atoms with E-state index in [0.29, 0.717) is 33.4 Å². The molecule has 0 saturated carbocycles. The summed E-state index contributed by atoms with van der Waals surface area (Å²) >= 11 is 13.7. The van der Waals surface area contributed by atoms with Gasteiger partial charge in [0.25, 0.3) is 11.8 Å². The monoisotopic (exact) mass is 646 g/mol. The molecule has 0 saturated heterocycles. The van der Waals surface area contributed by atoms with E-state index in [1.54, 1.807) is 66.7 Å². The molecule has 3 amide bonds. The van der Waals surface area contributed by atoms with E-state index in [1.807, 2.05) is 62.3 Å². The van der Waals surface area contributed by atoms with Gasteiger partial charge < -0.3 is 20.9 Å². The maximum Gasteiger partial charge on any atom is 0.272 e. The first-order chi connectivity index (χ1) is 21.1. The molecule has 0 heterocycles. The van der Waals surface area contributed by atoms with Crippen LogP contribution in [0.5, 0.6) is 0 Å². The number of rotatable bonds is 11. The van der Waals surface area contributed by atoms with E-state index in [2.05, 4.69) is 16.0 Å². The highest BCUT2D eigenvalue weighted by molar-refractivity contribution is 8.00. The molecule has 4 aromatic rings. The summed E-state index contributed by atoms with van der Waals surface area (Å²) in [5.41, 5.74) is 3.21. The van der Waals surface area contributed by atoms with Crippen LogP contribution in [-0.4, -0.2) is 37.1 Å². The topological polar surface area (TPSA) is 90.5 Å². The van der Waals surface area contributed by atoms with Crippen LogP contribution in [0.1, 0.15) is 29.3 Å². The van der Waals surface area contributed by atoms with Gasteiger partial charge in [-0.05, 0) is 78.7 Å². The van der Waals surface area contributed by atoms with E-state index >= 15 is 0 Å². The molecule has 0 aromatic heterocycles. The number of nitrogens with one attached hydrogen (secondary N) is 3. The third-order valence-corrected chi connectivity index (χ3v) is 8.39. The molecule has 1 atom stereocenters. The number of nitrogens with zero attached hydrogens (tertiary/aromatic N) is 1. The van der Waals surface area contributed by atoms with Gasteiger partial charge in [0.05, 0.1) is 16.0 Å². The predicted octanol–water partition coefficient (Wildman–Crippen LogP) is 7.98. The van der Waals surface area contributed by atoms with Crippen molar-refractivity contribution in [3.8, 4) is 0 Å². The SMILES string of the molecule is CCC(Sc1cccc(NC(=O)/C(=C\c2ccc(N(C)C)cc2)NC(=O)c2ccccc2)c1)C(=O)Nc1cc(Cl)ccc1Cl. The number of hydrogen-bond acceptors (Lipinski definition) is 5. The lowest BCUT2D eigenvalue weighted by atomic mass is 10.1. The molecule has 1 unspecified atom stereocenters. The molecule has 4 rings (SSSR count). The lowest BCUT2D eigenvalue weighted by Gasteiger charge is -2.16. The van der Waals surface area contributed by atoms with Crippen LogP contribution in [0.15, 0.2) is 108 Å². The van der Waals surface area contributed by atoms with Gasteiger partial charge in [0.15, 0.2) is 0 Å². The Hall–Kier alpha value is -4.24. The molecule has 0 spiro atoms. The second-order valence-electron chi connectivity index (χ2n) is 9.97. The van der Waals surface area contributed by atoms with Gasteiger partial charge in [-0.3, -0.25) is 14.4 Å². The van der Waals surface area contributed by atoms with Gasteiger partial charge in [0, 0.05) is 41.0 Å². The van der Waals surface area contributed by atoms with E-state index < -0.39 is 17.1 Å². The third kappa shape index (κ3) is 9.13. The lowest BCUT2D eigenvalue weighted by molar-refractivity contribution is -0.116. The lowest BCUT2D eigenvalue weighted by Crippen LogP contribution is -2.30. The Labute approximate surface area is 271 Å². The largest absolute Gasteiger partial charge is 0.378 e. The second kappa shape index (κ2) is 15.5. The normalized spacial score (nSPS) is 11.8. The molecule has 7 nitrogen and oxygen atoms in total. The molecule has 226 valence electrons. The fourth-order valence-electron chi connectivity index (χ4n) is 4.12. The van der Waals surface area contributed by atoms with Crippen LogP contribution < -0.4 is 20.9 Å². The summed E-state index contributed by atoms with van der Waals surface area (Å²) in [6.07, 6.45) is 2.18. The van der Waals surface area contributed by atoms with Crippen LogP contribution >= 0.6 is 35.0 Å². The van der Waals surface area contributed by atoms with Gasteiger partial charge in [-0.25, -0.2) is 0 Å². The van der Waals surface area contributed by atoms with Gasteiger partial charge >= 0.3 is 0 Å². The molecule has 0 aliphatic rings. The first-order valence-electron chi connectivity index (χ1n) is 13.8. The van der Waals surface area contributed by atoms with Crippen molar-refractivity contribution in [2.75, 3.05) is 29.6 Å². The number of halogens is 2. The van der Waals surface area contributed by atoms with E-state index in [9.17, 15) is 14.4 Å². The summed E-state index contributed by atoms with van der Waals surface area (Å²) in [6.45, 7) is 1.92. The molecule has 44 heavy (non-hydrogen) atoms. The van der Waals surface area contributed by atoms with Crippen LogP contribution in [0.3, 0.4) is 0 Å².